The molecule has 0 spiro atoms. The number of benzene rings is 3. The lowest BCUT2D eigenvalue weighted by Crippen LogP contribution is -2.54. The van der Waals surface area contributed by atoms with Crippen molar-refractivity contribution in [2.45, 2.75) is 170 Å². The van der Waals surface area contributed by atoms with E-state index >= 15 is 0 Å². The molecule has 0 unspecified atom stereocenters. The fourth-order valence-electron chi connectivity index (χ4n) is 9.41. The van der Waals surface area contributed by atoms with Crippen LogP contribution in [0.15, 0.2) is 87.5 Å². The maximum atomic E-state index is 11.1. The van der Waals surface area contributed by atoms with Crippen molar-refractivity contribution in [3.8, 4) is 0 Å². The van der Waals surface area contributed by atoms with E-state index in [0.29, 0.717) is 17.8 Å². The van der Waals surface area contributed by atoms with Crippen LogP contribution in [0.5, 0.6) is 0 Å². The van der Waals surface area contributed by atoms with Crippen LogP contribution in [0, 0.1) is 23.2 Å². The number of rotatable bonds is 19. The Morgan fingerprint density at radius 2 is 0.820 bits per heavy atom. The highest BCUT2D eigenvalue weighted by molar-refractivity contribution is 7.97. The molecule has 0 atom stereocenters. The zero-order chi connectivity index (χ0) is 35.2. The quantitative estimate of drug-likeness (QED) is 0.0925. The molecule has 0 amide bonds. The molecule has 0 aliphatic heterocycles. The molecule has 4 bridgehead atoms. The molecule has 3 aromatic rings. The Bertz CT molecular complexity index is 1240. The molecule has 4 aliphatic rings. The van der Waals surface area contributed by atoms with Crippen molar-refractivity contribution in [2.24, 2.45) is 23.2 Å². The number of hydrogen-bond acceptors (Lipinski definition) is 2. The Hall–Kier alpha value is -2.52. The number of carboxylic acid groups (broad SMARTS) is 1. The summed E-state index contributed by atoms with van der Waals surface area (Å²) in [6.45, 7) is 6.86. The van der Waals surface area contributed by atoms with E-state index in [9.17, 15) is 9.90 Å². The third-order valence-corrected chi connectivity index (χ3v) is 14.1. The number of carboxylic acids is 1. The highest BCUT2D eigenvalue weighted by Gasteiger charge is 2.51. The van der Waals surface area contributed by atoms with E-state index in [-0.39, 0.29) is 10.9 Å². The second-order valence-electron chi connectivity index (χ2n) is 16.2. The molecule has 0 saturated heterocycles. The van der Waals surface area contributed by atoms with Crippen LogP contribution >= 0.6 is 0 Å². The summed E-state index contributed by atoms with van der Waals surface area (Å²) in [5.74, 6) is 1.38. The van der Waals surface area contributed by atoms with Crippen molar-refractivity contribution in [3.05, 3.63) is 89.5 Å². The van der Waals surface area contributed by atoms with Crippen molar-refractivity contribution < 1.29 is 9.90 Å². The Kier molecular flexibility index (Phi) is 15.4. The maximum Gasteiger partial charge on any atom is 0.166 e. The molecule has 0 radical (unpaired) electrons. The van der Waals surface area contributed by atoms with Gasteiger partial charge in [-0.25, -0.2) is 0 Å². The Labute approximate surface area is 308 Å². The van der Waals surface area contributed by atoms with Gasteiger partial charge in [0.05, 0.1) is 10.9 Å². The van der Waals surface area contributed by atoms with Crippen LogP contribution < -0.4 is 5.11 Å². The number of unbranched alkanes of at least 4 members (excludes halogenated alkanes) is 9. The normalized spacial score (nSPS) is 22.0. The van der Waals surface area contributed by atoms with E-state index in [2.05, 4.69) is 93.6 Å². The number of carbonyl (C=O) groups excluding carboxylic acids is 1. The van der Waals surface area contributed by atoms with Gasteiger partial charge >= 0.3 is 0 Å². The first-order valence-corrected chi connectivity index (χ1v) is 21.9. The van der Waals surface area contributed by atoms with Gasteiger partial charge in [-0.05, 0) is 148 Å². The minimum Gasteiger partial charge on any atom is -0.550 e. The second kappa shape index (κ2) is 19.9. The summed E-state index contributed by atoms with van der Waals surface area (Å²) in [4.78, 5) is 15.4. The molecular formula is C47H66O2S. The van der Waals surface area contributed by atoms with Crippen LogP contribution in [-0.4, -0.2) is 5.97 Å². The molecule has 4 aliphatic carbocycles. The smallest absolute Gasteiger partial charge is 0.166 e. The molecule has 3 aromatic carbocycles. The molecule has 2 nitrogen and oxygen atoms in total. The van der Waals surface area contributed by atoms with Gasteiger partial charge in [-0.1, -0.05) is 115 Å². The fourth-order valence-corrected chi connectivity index (χ4v) is 11.5. The lowest BCUT2D eigenvalue weighted by atomic mass is 9.49. The molecule has 3 heteroatoms. The van der Waals surface area contributed by atoms with E-state index in [1.165, 1.54) is 147 Å². The topological polar surface area (TPSA) is 40.1 Å². The fraction of sp³-hybridized carbons (Fsp3) is 0.596. The first-order valence-electron chi connectivity index (χ1n) is 20.7. The standard InChI is InChI=1S/C36H51S.C11H16O2/c1-4-7-10-13-16-31-19-25-34(26-20-31)37(35-27-21-32(22-28-35)17-14-11-8-5-2)36-29-23-33(24-30-36)18-15-12-9-6-3;12-10(13)11-4-7-1-8(5-11)3-9(2-7)6-11/h19-30H,4-18H2,1-3H3;7-9H,1-6H2,(H,12,13)/q+1;/p-1. The largest absolute Gasteiger partial charge is 0.550 e. The molecule has 7 rings (SSSR count). The van der Waals surface area contributed by atoms with Gasteiger partial charge < -0.3 is 9.90 Å². The monoisotopic (exact) mass is 694 g/mol. The lowest BCUT2D eigenvalue weighted by molar-refractivity contribution is -0.327. The van der Waals surface area contributed by atoms with Crippen molar-refractivity contribution >= 4 is 16.9 Å². The van der Waals surface area contributed by atoms with Crippen LogP contribution in [0.3, 0.4) is 0 Å². The van der Waals surface area contributed by atoms with E-state index in [1.54, 1.807) is 0 Å². The SMILES string of the molecule is CCCCCCc1ccc([S+](c2ccc(CCCCCC)cc2)c2ccc(CCCCCC)cc2)cc1.O=C([O-])C12CC3CC(CC(C3)C1)C2. The number of aliphatic carboxylic acids is 1. The number of carbonyl (C=O) groups is 1. The molecule has 0 N–H and O–H groups in total. The van der Waals surface area contributed by atoms with Gasteiger partial charge in [0.1, 0.15) is 0 Å². The van der Waals surface area contributed by atoms with Crippen LogP contribution in [-0.2, 0) is 35.0 Å². The highest BCUT2D eigenvalue weighted by atomic mass is 32.2. The molecule has 0 heterocycles. The summed E-state index contributed by atoms with van der Waals surface area (Å²) in [6.07, 6.45) is 26.2. The lowest BCUT2D eigenvalue weighted by Gasteiger charge is -2.57. The molecule has 50 heavy (non-hydrogen) atoms. The summed E-state index contributed by atoms with van der Waals surface area (Å²) >= 11 is 0. The zero-order valence-corrected chi connectivity index (χ0v) is 32.6. The van der Waals surface area contributed by atoms with Crippen LogP contribution in [0.4, 0.5) is 0 Å². The van der Waals surface area contributed by atoms with Gasteiger partial charge in [0.25, 0.3) is 0 Å². The number of aryl methyl sites for hydroxylation is 3. The van der Waals surface area contributed by atoms with Crippen molar-refractivity contribution in [1.82, 2.24) is 0 Å². The van der Waals surface area contributed by atoms with Crippen LogP contribution in [0.2, 0.25) is 0 Å². The van der Waals surface area contributed by atoms with E-state index in [4.69, 9.17) is 0 Å². The Morgan fingerprint density at radius 1 is 0.520 bits per heavy atom. The van der Waals surface area contributed by atoms with Gasteiger partial charge in [-0.2, -0.15) is 0 Å². The molecule has 4 saturated carbocycles. The van der Waals surface area contributed by atoms with Crippen molar-refractivity contribution in [3.63, 3.8) is 0 Å². The third-order valence-electron chi connectivity index (χ3n) is 11.9. The summed E-state index contributed by atoms with van der Waals surface area (Å²) in [5, 5.41) is 11.1. The van der Waals surface area contributed by atoms with Gasteiger partial charge in [-0.15, -0.1) is 0 Å². The first kappa shape index (κ1) is 38.7. The predicted octanol–water partition coefficient (Wildman–Crippen LogP) is 12.1. The molecular weight excluding hydrogens is 629 g/mol. The second-order valence-corrected chi connectivity index (χ2v) is 18.2. The van der Waals surface area contributed by atoms with E-state index in [0.717, 1.165) is 19.3 Å². The first-order chi connectivity index (χ1) is 24.4. The highest BCUT2D eigenvalue weighted by Crippen LogP contribution is 2.59. The average molecular weight is 695 g/mol. The van der Waals surface area contributed by atoms with Crippen LogP contribution in [0.25, 0.3) is 0 Å². The molecule has 272 valence electrons. The van der Waals surface area contributed by atoms with Crippen molar-refractivity contribution in [1.29, 1.82) is 0 Å². The summed E-state index contributed by atoms with van der Waals surface area (Å²) in [5.41, 5.74) is 4.05. The molecule has 4 fully saturated rings. The number of hydrogen-bond donors (Lipinski definition) is 0. The Balaban J connectivity index is 0.000000306. The van der Waals surface area contributed by atoms with Crippen molar-refractivity contribution in [2.75, 3.05) is 0 Å². The minimum atomic E-state index is -0.758. The van der Waals surface area contributed by atoms with Gasteiger partial charge in [0, 0.05) is 11.4 Å². The van der Waals surface area contributed by atoms with Gasteiger partial charge in [0.15, 0.2) is 14.7 Å². The van der Waals surface area contributed by atoms with E-state index < -0.39 is 11.4 Å². The van der Waals surface area contributed by atoms with Crippen LogP contribution in [0.1, 0.15) is 153 Å². The van der Waals surface area contributed by atoms with Gasteiger partial charge in [-0.3, -0.25) is 0 Å². The Morgan fingerprint density at radius 3 is 1.08 bits per heavy atom. The third kappa shape index (κ3) is 11.0. The molecule has 0 aromatic heterocycles. The summed E-state index contributed by atoms with van der Waals surface area (Å²) in [7, 11) is -0.0657. The predicted molar refractivity (Wildman–Crippen MR) is 211 cm³/mol. The van der Waals surface area contributed by atoms with E-state index in [1.807, 2.05) is 0 Å². The summed E-state index contributed by atoms with van der Waals surface area (Å²) in [6, 6.07) is 28.7. The zero-order valence-electron chi connectivity index (χ0n) is 31.7. The van der Waals surface area contributed by atoms with Gasteiger partial charge in [0.2, 0.25) is 0 Å². The average Bonchev–Trinajstić information content (AvgIpc) is 3.12. The summed E-state index contributed by atoms with van der Waals surface area (Å²) < 4.78 is 0. The maximum absolute atomic E-state index is 11.1. The minimum absolute atomic E-state index is 0.0657.